The number of carbonyl (C=O) groups is 1. The van der Waals surface area contributed by atoms with E-state index in [1.54, 1.807) is 5.38 Å². The number of hydrogen-bond donors (Lipinski definition) is 1. The number of aromatic nitrogens is 1. The van der Waals surface area contributed by atoms with E-state index in [-0.39, 0.29) is 37.7 Å². The number of amides is 1. The van der Waals surface area contributed by atoms with E-state index in [4.69, 9.17) is 4.74 Å². The summed E-state index contributed by atoms with van der Waals surface area (Å²) in [4.78, 5) is 16.5. The second-order valence-corrected chi connectivity index (χ2v) is 9.75. The molecule has 2 heterocycles. The fraction of sp³-hybridized carbons (Fsp3) is 0.238. The van der Waals surface area contributed by atoms with Crippen LogP contribution in [0.2, 0.25) is 0 Å². The van der Waals surface area contributed by atoms with Gasteiger partial charge in [-0.1, -0.05) is 30.3 Å². The van der Waals surface area contributed by atoms with Crippen LogP contribution in [0.5, 0.6) is 0 Å². The third kappa shape index (κ3) is 4.99. The molecule has 7 nitrogen and oxygen atoms in total. The maximum atomic E-state index is 14.3. The van der Waals surface area contributed by atoms with Gasteiger partial charge in [-0.05, 0) is 23.8 Å². The van der Waals surface area contributed by atoms with Crippen molar-refractivity contribution in [3.8, 4) is 0 Å². The van der Waals surface area contributed by atoms with Crippen LogP contribution in [0.4, 0.5) is 10.1 Å². The highest BCUT2D eigenvalue weighted by Crippen LogP contribution is 2.24. The standard InChI is InChI=1S/C21H20FN3O4S2/c22-17-7-6-16(13-19(17)31(27,28)25-8-10-29-11-9-25)23-21(26)18-14-30-20(24-18)12-15-4-2-1-3-5-15/h1-7,13-14H,8-12H2,(H,23,26). The van der Waals surface area contributed by atoms with E-state index in [1.807, 2.05) is 30.3 Å². The number of anilines is 1. The maximum absolute atomic E-state index is 14.3. The van der Waals surface area contributed by atoms with Crippen LogP contribution in [0.15, 0.2) is 58.8 Å². The van der Waals surface area contributed by atoms with Crippen LogP contribution in [0, 0.1) is 5.82 Å². The molecule has 0 atom stereocenters. The first-order chi connectivity index (χ1) is 14.9. The average molecular weight is 462 g/mol. The minimum absolute atomic E-state index is 0.154. The Kier molecular flexibility index (Phi) is 6.42. The predicted molar refractivity (Wildman–Crippen MR) is 115 cm³/mol. The van der Waals surface area contributed by atoms with Crippen molar-refractivity contribution in [3.05, 3.63) is 76.0 Å². The van der Waals surface area contributed by atoms with Crippen molar-refractivity contribution in [2.24, 2.45) is 0 Å². The number of thiazole rings is 1. The summed E-state index contributed by atoms with van der Waals surface area (Å²) in [6, 6.07) is 13.3. The van der Waals surface area contributed by atoms with E-state index >= 15 is 0 Å². The summed E-state index contributed by atoms with van der Waals surface area (Å²) in [6.45, 7) is 0.821. The molecule has 162 valence electrons. The van der Waals surface area contributed by atoms with Gasteiger partial charge in [0.25, 0.3) is 5.91 Å². The second kappa shape index (κ2) is 9.23. The Morgan fingerprint density at radius 2 is 1.90 bits per heavy atom. The molecule has 0 unspecified atom stereocenters. The van der Waals surface area contributed by atoms with Gasteiger partial charge in [0.05, 0.1) is 18.2 Å². The smallest absolute Gasteiger partial charge is 0.275 e. The first kappa shape index (κ1) is 21.6. The van der Waals surface area contributed by atoms with Crippen LogP contribution in [0.1, 0.15) is 21.1 Å². The van der Waals surface area contributed by atoms with Crippen molar-refractivity contribution < 1.29 is 22.3 Å². The number of carbonyl (C=O) groups excluding carboxylic acids is 1. The zero-order valence-electron chi connectivity index (χ0n) is 16.5. The van der Waals surface area contributed by atoms with Crippen molar-refractivity contribution in [2.45, 2.75) is 11.3 Å². The monoisotopic (exact) mass is 461 g/mol. The lowest BCUT2D eigenvalue weighted by atomic mass is 10.2. The first-order valence-electron chi connectivity index (χ1n) is 9.60. The molecule has 3 aromatic rings. The number of ether oxygens (including phenoxy) is 1. The molecule has 1 fully saturated rings. The van der Waals surface area contributed by atoms with Crippen molar-refractivity contribution in [2.75, 3.05) is 31.6 Å². The normalized spacial score (nSPS) is 15.0. The van der Waals surface area contributed by atoms with E-state index < -0.39 is 26.6 Å². The summed E-state index contributed by atoms with van der Waals surface area (Å²) in [5, 5.41) is 5.03. The molecule has 1 aliphatic rings. The van der Waals surface area contributed by atoms with Gasteiger partial charge in [-0.3, -0.25) is 4.79 Å². The van der Waals surface area contributed by atoms with Gasteiger partial charge in [-0.2, -0.15) is 4.31 Å². The van der Waals surface area contributed by atoms with Crippen LogP contribution < -0.4 is 5.32 Å². The van der Waals surface area contributed by atoms with E-state index in [2.05, 4.69) is 10.3 Å². The Labute approximate surface area is 183 Å². The summed E-state index contributed by atoms with van der Waals surface area (Å²) in [5.41, 5.74) is 1.48. The molecule has 4 rings (SSSR count). The zero-order chi connectivity index (χ0) is 21.8. The fourth-order valence-electron chi connectivity index (χ4n) is 3.17. The molecule has 1 N–H and O–H groups in total. The summed E-state index contributed by atoms with van der Waals surface area (Å²) in [5.74, 6) is -1.36. The maximum Gasteiger partial charge on any atom is 0.275 e. The number of hydrogen-bond acceptors (Lipinski definition) is 6. The van der Waals surface area contributed by atoms with Gasteiger partial charge in [0, 0.05) is 30.6 Å². The fourth-order valence-corrected chi connectivity index (χ4v) is 5.47. The highest BCUT2D eigenvalue weighted by Gasteiger charge is 2.29. The number of halogens is 1. The number of benzene rings is 2. The lowest BCUT2D eigenvalue weighted by molar-refractivity contribution is 0.0729. The Hall–Kier alpha value is -2.66. The number of morpholine rings is 1. The lowest BCUT2D eigenvalue weighted by Gasteiger charge is -2.26. The number of nitrogens with zero attached hydrogens (tertiary/aromatic N) is 2. The van der Waals surface area contributed by atoms with E-state index in [1.165, 1.54) is 21.7 Å². The quantitative estimate of drug-likeness (QED) is 0.609. The SMILES string of the molecule is O=C(Nc1ccc(F)c(S(=O)(=O)N2CCOCC2)c1)c1csc(Cc2ccccc2)n1. The zero-order valence-corrected chi connectivity index (χ0v) is 18.1. The third-order valence-corrected chi connectivity index (χ3v) is 7.52. The summed E-state index contributed by atoms with van der Waals surface area (Å²) < 4.78 is 46.3. The predicted octanol–water partition coefficient (Wildman–Crippen LogP) is 3.15. The molecule has 1 saturated heterocycles. The second-order valence-electron chi connectivity index (χ2n) is 6.90. The first-order valence-corrected chi connectivity index (χ1v) is 11.9. The largest absolute Gasteiger partial charge is 0.379 e. The summed E-state index contributed by atoms with van der Waals surface area (Å²) >= 11 is 1.37. The van der Waals surface area contributed by atoms with Gasteiger partial charge in [0.15, 0.2) is 0 Å². The Bertz CT molecular complexity index is 1180. The topological polar surface area (TPSA) is 88.6 Å². The van der Waals surface area contributed by atoms with E-state index in [9.17, 15) is 17.6 Å². The van der Waals surface area contributed by atoms with Crippen LogP contribution in [0.3, 0.4) is 0 Å². The molecule has 0 radical (unpaired) electrons. The Morgan fingerprint density at radius 1 is 1.16 bits per heavy atom. The molecule has 0 aliphatic carbocycles. The number of rotatable bonds is 6. The average Bonchev–Trinajstić information content (AvgIpc) is 3.25. The van der Waals surface area contributed by atoms with Gasteiger partial charge in [-0.15, -0.1) is 11.3 Å². The molecule has 2 aromatic carbocycles. The Morgan fingerprint density at radius 3 is 2.65 bits per heavy atom. The molecule has 0 bridgehead atoms. The van der Waals surface area contributed by atoms with Crippen LogP contribution in [-0.2, 0) is 21.2 Å². The third-order valence-electron chi connectivity index (χ3n) is 4.76. The molecule has 1 amide bonds. The highest BCUT2D eigenvalue weighted by atomic mass is 32.2. The molecule has 1 aliphatic heterocycles. The highest BCUT2D eigenvalue weighted by molar-refractivity contribution is 7.89. The minimum atomic E-state index is -4.03. The molecule has 31 heavy (non-hydrogen) atoms. The summed E-state index contributed by atoms with van der Waals surface area (Å²) in [6.07, 6.45) is 0.608. The van der Waals surface area contributed by atoms with Crippen molar-refractivity contribution >= 4 is 33.0 Å². The van der Waals surface area contributed by atoms with Crippen LogP contribution >= 0.6 is 11.3 Å². The van der Waals surface area contributed by atoms with Crippen molar-refractivity contribution in [1.29, 1.82) is 0 Å². The number of sulfonamides is 1. The number of nitrogens with one attached hydrogen (secondary N) is 1. The van der Waals surface area contributed by atoms with Gasteiger partial charge >= 0.3 is 0 Å². The molecular weight excluding hydrogens is 441 g/mol. The van der Waals surface area contributed by atoms with Crippen LogP contribution in [-0.4, -0.2) is 49.9 Å². The van der Waals surface area contributed by atoms with E-state index in [0.717, 1.165) is 22.7 Å². The molecule has 0 spiro atoms. The minimum Gasteiger partial charge on any atom is -0.379 e. The van der Waals surface area contributed by atoms with Crippen molar-refractivity contribution in [1.82, 2.24) is 9.29 Å². The van der Waals surface area contributed by atoms with Gasteiger partial charge in [0.1, 0.15) is 16.4 Å². The van der Waals surface area contributed by atoms with Gasteiger partial charge < -0.3 is 10.1 Å². The van der Waals surface area contributed by atoms with Crippen molar-refractivity contribution in [3.63, 3.8) is 0 Å². The molecular formula is C21H20FN3O4S2. The Balaban J connectivity index is 1.49. The van der Waals surface area contributed by atoms with E-state index in [0.29, 0.717) is 6.42 Å². The summed E-state index contributed by atoms with van der Waals surface area (Å²) in [7, 11) is -4.03. The van der Waals surface area contributed by atoms with Gasteiger partial charge in [-0.25, -0.2) is 17.8 Å². The van der Waals surface area contributed by atoms with Gasteiger partial charge in [0.2, 0.25) is 10.0 Å². The lowest BCUT2D eigenvalue weighted by Crippen LogP contribution is -2.40. The molecule has 1 aromatic heterocycles. The molecule has 0 saturated carbocycles. The van der Waals surface area contributed by atoms with Crippen LogP contribution in [0.25, 0.3) is 0 Å². The molecule has 10 heteroatoms.